The molecular formula is C17H22N2O. The largest absolute Gasteiger partial charge is 0.496 e. The topological polar surface area (TPSA) is 24.5 Å². The average Bonchev–Trinajstić information content (AvgIpc) is 2.48. The van der Waals surface area contributed by atoms with Gasteiger partial charge in [0.25, 0.3) is 0 Å². The Morgan fingerprint density at radius 2 is 2.00 bits per heavy atom. The zero-order chi connectivity index (χ0) is 13.9. The maximum Gasteiger partial charge on any atom is 0.126 e. The molecule has 3 nitrogen and oxygen atoms in total. The highest BCUT2D eigenvalue weighted by atomic mass is 16.5. The van der Waals surface area contributed by atoms with E-state index in [0.717, 1.165) is 31.9 Å². The Hall–Kier alpha value is -1.58. The Labute approximate surface area is 120 Å². The van der Waals surface area contributed by atoms with Gasteiger partial charge in [0.1, 0.15) is 5.75 Å². The van der Waals surface area contributed by atoms with Gasteiger partial charge < -0.3 is 10.1 Å². The quantitative estimate of drug-likeness (QED) is 0.928. The van der Waals surface area contributed by atoms with Crippen molar-refractivity contribution in [2.24, 2.45) is 0 Å². The molecule has 0 bridgehead atoms. The van der Waals surface area contributed by atoms with Crippen LogP contribution in [0.4, 0.5) is 0 Å². The van der Waals surface area contributed by atoms with E-state index in [9.17, 15) is 0 Å². The van der Waals surface area contributed by atoms with Gasteiger partial charge in [-0.3, -0.25) is 4.90 Å². The molecule has 0 saturated carbocycles. The van der Waals surface area contributed by atoms with Gasteiger partial charge in [0, 0.05) is 37.6 Å². The zero-order valence-electron chi connectivity index (χ0n) is 12.2. The van der Waals surface area contributed by atoms with Crippen LogP contribution in [0, 0.1) is 0 Å². The first kappa shape index (κ1) is 13.4. The number of hydrogen-bond donors (Lipinski definition) is 1. The molecule has 1 aliphatic rings. The summed E-state index contributed by atoms with van der Waals surface area (Å²) in [6.45, 7) is 6.56. The van der Waals surface area contributed by atoms with Crippen molar-refractivity contribution in [2.75, 3.05) is 26.7 Å². The standard InChI is InChI=1S/C17H22N2O/c1-13-11-19(10-9-18-13)12-14-7-8-17(20-2)16-6-4-3-5-15(14)16/h3-8,13,18H,9-12H2,1-2H3. The molecule has 1 heterocycles. The Kier molecular flexibility index (Phi) is 3.90. The fourth-order valence-electron chi connectivity index (χ4n) is 3.05. The van der Waals surface area contributed by atoms with Crippen molar-refractivity contribution < 1.29 is 4.74 Å². The molecule has 3 rings (SSSR count). The van der Waals surface area contributed by atoms with Crippen molar-refractivity contribution in [1.82, 2.24) is 10.2 Å². The molecule has 2 aromatic rings. The van der Waals surface area contributed by atoms with Crippen LogP contribution in [0.15, 0.2) is 36.4 Å². The van der Waals surface area contributed by atoms with Crippen LogP contribution < -0.4 is 10.1 Å². The van der Waals surface area contributed by atoms with Crippen molar-refractivity contribution in [2.45, 2.75) is 19.5 Å². The van der Waals surface area contributed by atoms with E-state index in [0.29, 0.717) is 6.04 Å². The van der Waals surface area contributed by atoms with E-state index >= 15 is 0 Å². The lowest BCUT2D eigenvalue weighted by atomic mass is 10.0. The number of fused-ring (bicyclic) bond motifs is 1. The molecule has 1 unspecified atom stereocenters. The zero-order valence-corrected chi connectivity index (χ0v) is 12.2. The van der Waals surface area contributed by atoms with Crippen LogP contribution in [0.5, 0.6) is 5.75 Å². The average molecular weight is 270 g/mol. The van der Waals surface area contributed by atoms with Gasteiger partial charge in [0.2, 0.25) is 0 Å². The molecule has 20 heavy (non-hydrogen) atoms. The van der Waals surface area contributed by atoms with Crippen LogP contribution in [0.2, 0.25) is 0 Å². The predicted molar refractivity (Wildman–Crippen MR) is 83.2 cm³/mol. The lowest BCUT2D eigenvalue weighted by Gasteiger charge is -2.32. The monoisotopic (exact) mass is 270 g/mol. The SMILES string of the molecule is COc1ccc(CN2CCNC(C)C2)c2ccccc12. The number of piperazine rings is 1. The minimum absolute atomic E-state index is 0.577. The molecule has 1 N–H and O–H groups in total. The molecule has 106 valence electrons. The number of methoxy groups -OCH3 is 1. The number of nitrogens with one attached hydrogen (secondary N) is 1. The number of ether oxygens (including phenoxy) is 1. The van der Waals surface area contributed by atoms with Crippen LogP contribution >= 0.6 is 0 Å². The molecule has 0 aliphatic carbocycles. The van der Waals surface area contributed by atoms with Crippen LogP contribution in [0.3, 0.4) is 0 Å². The maximum atomic E-state index is 5.47. The van der Waals surface area contributed by atoms with Crippen LogP contribution in [-0.2, 0) is 6.54 Å². The highest BCUT2D eigenvalue weighted by Crippen LogP contribution is 2.29. The van der Waals surface area contributed by atoms with Crippen molar-refractivity contribution >= 4 is 10.8 Å². The normalized spacial score (nSPS) is 20.2. The van der Waals surface area contributed by atoms with E-state index in [4.69, 9.17) is 4.74 Å². The van der Waals surface area contributed by atoms with Crippen molar-refractivity contribution in [1.29, 1.82) is 0 Å². The third kappa shape index (κ3) is 2.65. The van der Waals surface area contributed by atoms with Crippen LogP contribution in [-0.4, -0.2) is 37.7 Å². The summed E-state index contributed by atoms with van der Waals surface area (Å²) in [5.41, 5.74) is 1.38. The Morgan fingerprint density at radius 1 is 1.20 bits per heavy atom. The third-order valence-corrected chi connectivity index (χ3v) is 4.04. The fraction of sp³-hybridized carbons (Fsp3) is 0.412. The van der Waals surface area contributed by atoms with Crippen molar-refractivity contribution in [3.05, 3.63) is 42.0 Å². The lowest BCUT2D eigenvalue weighted by molar-refractivity contribution is 0.200. The number of benzene rings is 2. The van der Waals surface area contributed by atoms with Gasteiger partial charge in [-0.1, -0.05) is 30.3 Å². The van der Waals surface area contributed by atoms with Crippen LogP contribution in [0.25, 0.3) is 10.8 Å². The summed E-state index contributed by atoms with van der Waals surface area (Å²) < 4.78 is 5.47. The minimum atomic E-state index is 0.577. The summed E-state index contributed by atoms with van der Waals surface area (Å²) in [6.07, 6.45) is 0. The highest BCUT2D eigenvalue weighted by molar-refractivity contribution is 5.91. The summed E-state index contributed by atoms with van der Waals surface area (Å²) in [6, 6.07) is 13.4. The van der Waals surface area contributed by atoms with Gasteiger partial charge in [-0.05, 0) is 23.9 Å². The predicted octanol–water partition coefficient (Wildman–Crippen LogP) is 2.64. The molecule has 0 amide bonds. The van der Waals surface area contributed by atoms with Gasteiger partial charge in [-0.2, -0.15) is 0 Å². The van der Waals surface area contributed by atoms with E-state index in [1.165, 1.54) is 16.3 Å². The van der Waals surface area contributed by atoms with Gasteiger partial charge in [0.15, 0.2) is 0 Å². The first-order valence-electron chi connectivity index (χ1n) is 7.28. The maximum absolute atomic E-state index is 5.47. The third-order valence-electron chi connectivity index (χ3n) is 4.04. The Bertz CT molecular complexity index is 597. The second kappa shape index (κ2) is 5.81. The number of nitrogens with zero attached hydrogens (tertiary/aromatic N) is 1. The Balaban J connectivity index is 1.92. The number of hydrogen-bond acceptors (Lipinski definition) is 3. The van der Waals surface area contributed by atoms with E-state index in [1.807, 2.05) is 0 Å². The molecule has 0 spiro atoms. The fourth-order valence-corrected chi connectivity index (χ4v) is 3.05. The summed E-state index contributed by atoms with van der Waals surface area (Å²) in [5.74, 6) is 0.957. The van der Waals surface area contributed by atoms with E-state index in [2.05, 4.69) is 53.5 Å². The lowest BCUT2D eigenvalue weighted by Crippen LogP contribution is -2.48. The van der Waals surface area contributed by atoms with Crippen molar-refractivity contribution in [3.63, 3.8) is 0 Å². The van der Waals surface area contributed by atoms with E-state index in [1.54, 1.807) is 7.11 Å². The van der Waals surface area contributed by atoms with Gasteiger partial charge in [-0.25, -0.2) is 0 Å². The molecule has 3 heteroatoms. The number of rotatable bonds is 3. The molecule has 0 aromatic heterocycles. The smallest absolute Gasteiger partial charge is 0.126 e. The van der Waals surface area contributed by atoms with Gasteiger partial charge in [0.05, 0.1) is 7.11 Å². The second-order valence-electron chi connectivity index (χ2n) is 5.56. The molecule has 2 aromatic carbocycles. The molecule has 0 radical (unpaired) electrons. The van der Waals surface area contributed by atoms with Gasteiger partial charge >= 0.3 is 0 Å². The Morgan fingerprint density at radius 3 is 2.75 bits per heavy atom. The molecule has 1 aliphatic heterocycles. The van der Waals surface area contributed by atoms with Gasteiger partial charge in [-0.15, -0.1) is 0 Å². The summed E-state index contributed by atoms with van der Waals surface area (Å²) in [7, 11) is 1.74. The second-order valence-corrected chi connectivity index (χ2v) is 5.56. The minimum Gasteiger partial charge on any atom is -0.496 e. The first-order valence-corrected chi connectivity index (χ1v) is 7.28. The highest BCUT2D eigenvalue weighted by Gasteiger charge is 2.16. The van der Waals surface area contributed by atoms with E-state index < -0.39 is 0 Å². The van der Waals surface area contributed by atoms with Crippen LogP contribution in [0.1, 0.15) is 12.5 Å². The first-order chi connectivity index (χ1) is 9.78. The summed E-state index contributed by atoms with van der Waals surface area (Å²) in [5, 5.41) is 6.00. The summed E-state index contributed by atoms with van der Waals surface area (Å²) >= 11 is 0. The van der Waals surface area contributed by atoms with E-state index in [-0.39, 0.29) is 0 Å². The summed E-state index contributed by atoms with van der Waals surface area (Å²) in [4.78, 5) is 2.52. The molecule has 1 saturated heterocycles. The molecule has 1 atom stereocenters. The molecular weight excluding hydrogens is 248 g/mol. The molecule has 1 fully saturated rings. The van der Waals surface area contributed by atoms with Crippen molar-refractivity contribution in [3.8, 4) is 5.75 Å².